The van der Waals surface area contributed by atoms with E-state index < -0.39 is 0 Å². The van der Waals surface area contributed by atoms with Crippen LogP contribution >= 0.6 is 15.9 Å². The second-order valence-corrected chi connectivity index (χ2v) is 5.36. The van der Waals surface area contributed by atoms with Crippen LogP contribution < -0.4 is 0 Å². The second-order valence-electron chi connectivity index (χ2n) is 4.25. The van der Waals surface area contributed by atoms with Gasteiger partial charge in [-0.3, -0.25) is 4.79 Å². The van der Waals surface area contributed by atoms with Crippen molar-refractivity contribution in [3.8, 4) is 0 Å². The number of ether oxygens (including phenoxy) is 2. The fourth-order valence-electron chi connectivity index (χ4n) is 1.83. The van der Waals surface area contributed by atoms with Gasteiger partial charge in [-0.15, -0.1) is 0 Å². The number of carbonyl (C=O) groups excluding carboxylic acids is 1. The number of nitrogens with zero attached hydrogens (tertiary/aromatic N) is 1. The molecule has 100 valence electrons. The first kappa shape index (κ1) is 14.2. The molecule has 1 aliphatic rings. The van der Waals surface area contributed by atoms with Crippen LogP contribution in [0.5, 0.6) is 0 Å². The molecule has 0 spiro atoms. The van der Waals surface area contributed by atoms with Crippen molar-refractivity contribution in [2.24, 2.45) is 0 Å². The summed E-state index contributed by atoms with van der Waals surface area (Å²) in [5.74, 6) is -0.0192. The van der Waals surface area contributed by atoms with Gasteiger partial charge in [0.05, 0.1) is 24.6 Å². The molecule has 1 unspecified atom stereocenters. The molecule has 1 heterocycles. The number of alkyl halides is 1. The molecule has 0 bridgehead atoms. The van der Waals surface area contributed by atoms with Gasteiger partial charge in [-0.2, -0.15) is 0 Å². The molecule has 0 radical (unpaired) electrons. The SMILES string of the molecule is [C-]#[N+]c1ccc(C(=O)C(Br)CC2OCCCO2)cc1. The minimum absolute atomic E-state index is 0.0192. The number of hydrogen-bond donors (Lipinski definition) is 0. The molecule has 0 saturated carbocycles. The summed E-state index contributed by atoms with van der Waals surface area (Å²) < 4.78 is 10.9. The van der Waals surface area contributed by atoms with E-state index in [4.69, 9.17) is 16.0 Å². The van der Waals surface area contributed by atoms with Crippen molar-refractivity contribution in [2.45, 2.75) is 24.0 Å². The Kier molecular flexibility index (Phi) is 5.08. The van der Waals surface area contributed by atoms with Gasteiger partial charge in [-0.05, 0) is 6.42 Å². The van der Waals surface area contributed by atoms with Crippen LogP contribution in [0.1, 0.15) is 23.2 Å². The van der Waals surface area contributed by atoms with Gasteiger partial charge in [-0.1, -0.05) is 40.2 Å². The Labute approximate surface area is 120 Å². The van der Waals surface area contributed by atoms with E-state index in [0.717, 1.165) is 6.42 Å². The third kappa shape index (κ3) is 3.87. The number of hydrogen-bond acceptors (Lipinski definition) is 3. The van der Waals surface area contributed by atoms with Gasteiger partial charge in [0.25, 0.3) is 0 Å². The first-order valence-corrected chi connectivity index (χ1v) is 7.01. The van der Waals surface area contributed by atoms with Crippen molar-refractivity contribution in [3.05, 3.63) is 41.2 Å². The fourth-order valence-corrected chi connectivity index (χ4v) is 2.40. The zero-order valence-electron chi connectivity index (χ0n) is 10.3. The number of halogens is 1. The molecular weight excluding hydrogens is 310 g/mol. The smallest absolute Gasteiger partial charge is 0.187 e. The predicted octanol–water partition coefficient (Wildman–Crippen LogP) is 3.34. The minimum Gasteiger partial charge on any atom is -0.353 e. The van der Waals surface area contributed by atoms with E-state index in [0.29, 0.717) is 30.9 Å². The molecule has 1 aromatic rings. The molecule has 2 rings (SSSR count). The molecule has 19 heavy (non-hydrogen) atoms. The van der Waals surface area contributed by atoms with Crippen molar-refractivity contribution in [2.75, 3.05) is 13.2 Å². The Morgan fingerprint density at radius 2 is 2.00 bits per heavy atom. The molecule has 0 aromatic heterocycles. The Hall–Kier alpha value is -1.22. The van der Waals surface area contributed by atoms with E-state index in [1.54, 1.807) is 24.3 Å². The highest BCUT2D eigenvalue weighted by Crippen LogP contribution is 2.21. The lowest BCUT2D eigenvalue weighted by Crippen LogP contribution is -2.30. The third-order valence-electron chi connectivity index (χ3n) is 2.86. The Morgan fingerprint density at radius 3 is 2.58 bits per heavy atom. The van der Waals surface area contributed by atoms with Crippen LogP contribution in [0.3, 0.4) is 0 Å². The van der Waals surface area contributed by atoms with Crippen LogP contribution in [0.2, 0.25) is 0 Å². The Bertz CT molecular complexity index is 474. The van der Waals surface area contributed by atoms with E-state index in [-0.39, 0.29) is 16.9 Å². The van der Waals surface area contributed by atoms with E-state index in [9.17, 15) is 4.79 Å². The lowest BCUT2D eigenvalue weighted by atomic mass is 10.1. The van der Waals surface area contributed by atoms with Gasteiger partial charge >= 0.3 is 0 Å². The molecule has 1 fully saturated rings. The second kappa shape index (κ2) is 6.80. The standard InChI is InChI=1S/C14H14BrNO3/c1-16-11-5-3-10(4-6-11)14(17)12(15)9-13-18-7-2-8-19-13/h3-6,12-13H,2,7-9H2. The van der Waals surface area contributed by atoms with Gasteiger partial charge in [-0.25, -0.2) is 4.85 Å². The summed E-state index contributed by atoms with van der Waals surface area (Å²) in [5.41, 5.74) is 1.12. The van der Waals surface area contributed by atoms with Gasteiger partial charge in [0.15, 0.2) is 17.8 Å². The molecular formula is C14H14BrNO3. The van der Waals surface area contributed by atoms with Crippen molar-refractivity contribution in [1.29, 1.82) is 0 Å². The van der Waals surface area contributed by atoms with E-state index in [1.807, 2.05) is 0 Å². The van der Waals surface area contributed by atoms with Crippen molar-refractivity contribution >= 4 is 27.4 Å². The molecule has 1 aliphatic heterocycles. The number of benzene rings is 1. The number of rotatable bonds is 4. The van der Waals surface area contributed by atoms with Crippen LogP contribution in [0.15, 0.2) is 24.3 Å². The number of ketones is 1. The van der Waals surface area contributed by atoms with Crippen LogP contribution in [0.4, 0.5) is 5.69 Å². The maximum absolute atomic E-state index is 12.2. The third-order valence-corrected chi connectivity index (χ3v) is 3.65. The topological polar surface area (TPSA) is 39.9 Å². The van der Waals surface area contributed by atoms with Gasteiger partial charge in [0.2, 0.25) is 0 Å². The summed E-state index contributed by atoms with van der Waals surface area (Å²) in [4.78, 5) is 15.1. The monoisotopic (exact) mass is 323 g/mol. The van der Waals surface area contributed by atoms with Crippen molar-refractivity contribution in [3.63, 3.8) is 0 Å². The molecule has 5 heteroatoms. The highest BCUT2D eigenvalue weighted by molar-refractivity contribution is 9.10. The summed E-state index contributed by atoms with van der Waals surface area (Å²) in [6, 6.07) is 6.64. The number of carbonyl (C=O) groups is 1. The molecule has 1 atom stereocenters. The van der Waals surface area contributed by atoms with E-state index in [2.05, 4.69) is 20.8 Å². The fraction of sp³-hybridized carbons (Fsp3) is 0.429. The van der Waals surface area contributed by atoms with Gasteiger partial charge in [0.1, 0.15) is 0 Å². The highest BCUT2D eigenvalue weighted by Gasteiger charge is 2.24. The van der Waals surface area contributed by atoms with Crippen LogP contribution in [0, 0.1) is 6.57 Å². The average molecular weight is 324 g/mol. The number of Topliss-reactive ketones (excluding diaryl/α,β-unsaturated/α-hetero) is 1. The molecule has 1 saturated heterocycles. The first-order valence-electron chi connectivity index (χ1n) is 6.09. The lowest BCUT2D eigenvalue weighted by Gasteiger charge is -2.24. The molecule has 4 nitrogen and oxygen atoms in total. The predicted molar refractivity (Wildman–Crippen MR) is 74.7 cm³/mol. The van der Waals surface area contributed by atoms with Crippen LogP contribution in [-0.4, -0.2) is 30.1 Å². The van der Waals surface area contributed by atoms with E-state index >= 15 is 0 Å². The van der Waals surface area contributed by atoms with Crippen molar-refractivity contribution in [1.82, 2.24) is 0 Å². The van der Waals surface area contributed by atoms with E-state index in [1.165, 1.54) is 0 Å². The summed E-state index contributed by atoms with van der Waals surface area (Å²) in [6.07, 6.45) is 1.07. The Balaban J connectivity index is 1.95. The molecule has 0 amide bonds. The normalized spacial score (nSPS) is 17.7. The molecule has 0 N–H and O–H groups in total. The highest BCUT2D eigenvalue weighted by atomic mass is 79.9. The van der Waals surface area contributed by atoms with Crippen molar-refractivity contribution < 1.29 is 14.3 Å². The Morgan fingerprint density at radius 1 is 1.37 bits per heavy atom. The largest absolute Gasteiger partial charge is 0.353 e. The summed E-state index contributed by atoms with van der Waals surface area (Å²) >= 11 is 3.38. The first-order chi connectivity index (χ1) is 9.20. The maximum Gasteiger partial charge on any atom is 0.187 e. The molecule has 0 aliphatic carbocycles. The lowest BCUT2D eigenvalue weighted by molar-refractivity contribution is -0.179. The maximum atomic E-state index is 12.2. The minimum atomic E-state index is -0.339. The zero-order chi connectivity index (χ0) is 13.7. The summed E-state index contributed by atoms with van der Waals surface area (Å²) in [7, 11) is 0. The van der Waals surface area contributed by atoms with Gasteiger partial charge < -0.3 is 9.47 Å². The van der Waals surface area contributed by atoms with Gasteiger partial charge in [0, 0.05) is 12.0 Å². The zero-order valence-corrected chi connectivity index (χ0v) is 11.9. The van der Waals surface area contributed by atoms with Crippen LogP contribution in [-0.2, 0) is 9.47 Å². The van der Waals surface area contributed by atoms with Crippen LogP contribution in [0.25, 0.3) is 4.85 Å². The molecule has 1 aromatic carbocycles. The quantitative estimate of drug-likeness (QED) is 0.484. The summed E-state index contributed by atoms with van der Waals surface area (Å²) in [6.45, 7) is 8.23. The average Bonchev–Trinajstić information content (AvgIpc) is 2.47. The summed E-state index contributed by atoms with van der Waals surface area (Å²) in [5, 5.41) is 0.